The number of hydrogen-bond donors (Lipinski definition) is 0. The number of fused-ring (bicyclic) bond motifs is 3. The van der Waals surface area contributed by atoms with Gasteiger partial charge in [-0.2, -0.15) is 0 Å². The summed E-state index contributed by atoms with van der Waals surface area (Å²) >= 11 is 1.82. The summed E-state index contributed by atoms with van der Waals surface area (Å²) in [5.74, 6) is 2.64. The topological polar surface area (TPSA) is 92.5 Å². The molecule has 178 valence electrons. The van der Waals surface area contributed by atoms with Gasteiger partial charge in [0.05, 0.1) is 10.3 Å². The minimum absolute atomic E-state index is 0.0642. The lowest BCUT2D eigenvalue weighted by Gasteiger charge is -2.36. The molecule has 1 fully saturated rings. The number of non-ortho nitro benzene ring substituents is 1. The number of hydrogen-bond acceptors (Lipinski definition) is 7. The van der Waals surface area contributed by atoms with E-state index < -0.39 is 4.92 Å². The summed E-state index contributed by atoms with van der Waals surface area (Å²) in [6.07, 6.45) is 3.37. The van der Waals surface area contributed by atoms with E-state index in [9.17, 15) is 14.9 Å². The Balaban J connectivity index is 1.42. The number of nitro groups is 1. The molecule has 0 N–H and O–H groups in total. The van der Waals surface area contributed by atoms with Gasteiger partial charge in [-0.25, -0.2) is 9.97 Å². The van der Waals surface area contributed by atoms with Gasteiger partial charge in [0.15, 0.2) is 0 Å². The van der Waals surface area contributed by atoms with Crippen LogP contribution in [0.3, 0.4) is 0 Å². The number of nitro benzene ring substituents is 1. The summed E-state index contributed by atoms with van der Waals surface area (Å²) in [5, 5.41) is 12.3. The zero-order chi connectivity index (χ0) is 24.0. The summed E-state index contributed by atoms with van der Waals surface area (Å²) in [5.41, 5.74) is 1.71. The van der Waals surface area contributed by atoms with Gasteiger partial charge in [0.1, 0.15) is 16.5 Å². The zero-order valence-corrected chi connectivity index (χ0v) is 20.6. The van der Waals surface area contributed by atoms with Gasteiger partial charge in [-0.1, -0.05) is 26.8 Å². The van der Waals surface area contributed by atoms with E-state index >= 15 is 0 Å². The smallest absolute Gasteiger partial charge is 0.270 e. The molecule has 1 saturated heterocycles. The molecule has 1 amide bonds. The van der Waals surface area contributed by atoms with Crippen molar-refractivity contribution in [3.63, 3.8) is 0 Å². The Kier molecular flexibility index (Phi) is 5.97. The first-order chi connectivity index (χ1) is 16.3. The average Bonchev–Trinajstić information content (AvgIpc) is 3.20. The van der Waals surface area contributed by atoms with Crippen molar-refractivity contribution in [1.82, 2.24) is 14.9 Å². The normalized spacial score (nSPS) is 18.4. The van der Waals surface area contributed by atoms with Gasteiger partial charge in [-0.3, -0.25) is 14.9 Å². The number of rotatable bonds is 4. The molecule has 0 bridgehead atoms. The maximum absolute atomic E-state index is 13.0. The van der Waals surface area contributed by atoms with Crippen molar-refractivity contribution in [3.8, 4) is 0 Å². The lowest BCUT2D eigenvalue weighted by Crippen LogP contribution is -2.49. The minimum atomic E-state index is -0.469. The fraction of sp³-hybridized carbons (Fsp3) is 0.480. The first-order valence-corrected chi connectivity index (χ1v) is 12.7. The number of nitrogens with zero attached hydrogens (tertiary/aromatic N) is 5. The van der Waals surface area contributed by atoms with Crippen molar-refractivity contribution >= 4 is 39.0 Å². The second-order valence-corrected chi connectivity index (χ2v) is 10.8. The van der Waals surface area contributed by atoms with Gasteiger partial charge in [0.25, 0.3) is 11.6 Å². The third kappa shape index (κ3) is 4.13. The molecule has 1 aromatic carbocycles. The summed E-state index contributed by atoms with van der Waals surface area (Å²) in [4.78, 5) is 40.2. The lowest BCUT2D eigenvalue weighted by molar-refractivity contribution is -0.384. The molecule has 0 spiro atoms. The predicted molar refractivity (Wildman–Crippen MR) is 134 cm³/mol. The van der Waals surface area contributed by atoms with Gasteiger partial charge in [-0.05, 0) is 36.8 Å². The number of piperazine rings is 1. The number of aromatic nitrogens is 2. The van der Waals surface area contributed by atoms with E-state index in [1.165, 1.54) is 34.4 Å². The van der Waals surface area contributed by atoms with Crippen LogP contribution in [0, 0.1) is 16.0 Å². The van der Waals surface area contributed by atoms with Crippen LogP contribution in [0.1, 0.15) is 59.7 Å². The monoisotopic (exact) mass is 479 g/mol. The van der Waals surface area contributed by atoms with Crippen LogP contribution in [0.15, 0.2) is 24.3 Å². The van der Waals surface area contributed by atoms with E-state index in [4.69, 9.17) is 9.97 Å². The number of anilines is 1. The Labute approximate surface area is 202 Å². The number of aryl methyl sites for hydroxylation is 1. The van der Waals surface area contributed by atoms with Crippen LogP contribution in [0.5, 0.6) is 0 Å². The maximum atomic E-state index is 13.0. The highest BCUT2D eigenvalue weighted by atomic mass is 32.1. The molecule has 1 aliphatic carbocycles. The molecule has 1 aliphatic heterocycles. The van der Waals surface area contributed by atoms with Gasteiger partial charge in [0, 0.05) is 54.7 Å². The van der Waals surface area contributed by atoms with E-state index in [0.29, 0.717) is 37.7 Å². The maximum Gasteiger partial charge on any atom is 0.270 e. The number of thiophene rings is 1. The average molecular weight is 480 g/mol. The van der Waals surface area contributed by atoms with Crippen molar-refractivity contribution in [2.45, 2.75) is 46.0 Å². The molecule has 8 nitrogen and oxygen atoms in total. The number of carbonyl (C=O) groups is 1. The molecule has 2 aromatic heterocycles. The number of benzene rings is 1. The Hall–Kier alpha value is -3.07. The Morgan fingerprint density at radius 2 is 1.97 bits per heavy atom. The Morgan fingerprint density at radius 3 is 2.68 bits per heavy atom. The fourth-order valence-electron chi connectivity index (χ4n) is 4.88. The second-order valence-electron chi connectivity index (χ2n) is 9.68. The lowest BCUT2D eigenvalue weighted by atomic mass is 9.89. The summed E-state index contributed by atoms with van der Waals surface area (Å²) in [6.45, 7) is 9.00. The highest BCUT2D eigenvalue weighted by Crippen LogP contribution is 2.41. The molecule has 5 rings (SSSR count). The van der Waals surface area contributed by atoms with Crippen molar-refractivity contribution in [1.29, 1.82) is 0 Å². The van der Waals surface area contributed by atoms with Crippen molar-refractivity contribution in [2.75, 3.05) is 31.1 Å². The standard InChI is InChI=1S/C25H29N5O3S/c1-15(2)22-26-23(21-19-8-7-16(3)13-20(19)34-24(21)27-22)28-9-11-29(12-10-28)25(31)17-5-4-6-18(14-17)30(32)33/h4-6,14-16H,7-13H2,1-3H3/t16-/m0/s1. The molecule has 2 aliphatic rings. The molecular weight excluding hydrogens is 450 g/mol. The van der Waals surface area contributed by atoms with Crippen LogP contribution >= 0.6 is 11.3 Å². The van der Waals surface area contributed by atoms with Gasteiger partial charge >= 0.3 is 0 Å². The first-order valence-electron chi connectivity index (χ1n) is 11.9. The van der Waals surface area contributed by atoms with Crippen LogP contribution in [0.4, 0.5) is 11.5 Å². The van der Waals surface area contributed by atoms with E-state index in [1.54, 1.807) is 17.0 Å². The highest BCUT2D eigenvalue weighted by molar-refractivity contribution is 7.19. The molecular formula is C25H29N5O3S. The van der Waals surface area contributed by atoms with Crippen molar-refractivity contribution in [2.24, 2.45) is 5.92 Å². The fourth-order valence-corrected chi connectivity index (χ4v) is 6.27. The molecule has 9 heteroatoms. The largest absolute Gasteiger partial charge is 0.352 e. The van der Waals surface area contributed by atoms with E-state index in [0.717, 1.165) is 29.3 Å². The molecule has 0 radical (unpaired) electrons. The van der Waals surface area contributed by atoms with Crippen LogP contribution < -0.4 is 4.90 Å². The molecule has 34 heavy (non-hydrogen) atoms. The second kappa shape index (κ2) is 8.94. The van der Waals surface area contributed by atoms with Crippen molar-refractivity contribution in [3.05, 3.63) is 56.2 Å². The SMILES string of the molecule is CC(C)c1nc(N2CCN(C(=O)c3cccc([N+](=O)[O-])c3)CC2)c2c3c(sc2n1)C[C@@H](C)CC3. The summed E-state index contributed by atoms with van der Waals surface area (Å²) in [6, 6.07) is 5.97. The third-order valence-corrected chi connectivity index (χ3v) is 7.99. The quantitative estimate of drug-likeness (QED) is 0.394. The molecule has 0 unspecified atom stereocenters. The molecule has 3 heterocycles. The van der Waals surface area contributed by atoms with Gasteiger partial charge in [-0.15, -0.1) is 11.3 Å². The third-order valence-electron chi connectivity index (χ3n) is 6.84. The van der Waals surface area contributed by atoms with E-state index in [-0.39, 0.29) is 17.5 Å². The first kappa shape index (κ1) is 22.7. The zero-order valence-electron chi connectivity index (χ0n) is 19.8. The number of amides is 1. The molecule has 3 aromatic rings. The van der Waals surface area contributed by atoms with E-state index in [1.807, 2.05) is 11.3 Å². The van der Waals surface area contributed by atoms with Gasteiger partial charge in [0.2, 0.25) is 0 Å². The minimum Gasteiger partial charge on any atom is -0.352 e. The predicted octanol–water partition coefficient (Wildman–Crippen LogP) is 4.81. The molecule has 0 saturated carbocycles. The number of carbonyl (C=O) groups excluding carboxylic acids is 1. The van der Waals surface area contributed by atoms with Gasteiger partial charge < -0.3 is 9.80 Å². The molecule has 1 atom stereocenters. The summed E-state index contributed by atoms with van der Waals surface area (Å²) < 4.78 is 0. The highest BCUT2D eigenvalue weighted by Gasteiger charge is 2.29. The van der Waals surface area contributed by atoms with Crippen LogP contribution in [0.2, 0.25) is 0 Å². The summed E-state index contributed by atoms with van der Waals surface area (Å²) in [7, 11) is 0. The van der Waals surface area contributed by atoms with Crippen LogP contribution in [-0.4, -0.2) is 51.9 Å². The van der Waals surface area contributed by atoms with Crippen LogP contribution in [0.25, 0.3) is 10.2 Å². The van der Waals surface area contributed by atoms with E-state index in [2.05, 4.69) is 25.7 Å². The van der Waals surface area contributed by atoms with Crippen molar-refractivity contribution < 1.29 is 9.72 Å². The van der Waals surface area contributed by atoms with Crippen LogP contribution in [-0.2, 0) is 12.8 Å². The Bertz CT molecular complexity index is 1260. The Morgan fingerprint density at radius 1 is 1.21 bits per heavy atom.